The molecule has 0 fully saturated rings. The average Bonchev–Trinajstić information content (AvgIpc) is 2.66. The van der Waals surface area contributed by atoms with Crippen molar-refractivity contribution in [3.63, 3.8) is 0 Å². The zero-order valence-electron chi connectivity index (χ0n) is 18.8. The molecule has 31 heavy (non-hydrogen) atoms. The lowest BCUT2D eigenvalue weighted by Crippen LogP contribution is -2.27. The molecule has 0 spiro atoms. The summed E-state index contributed by atoms with van der Waals surface area (Å²) in [5, 5.41) is 2.87. The molecule has 2 aromatic rings. The van der Waals surface area contributed by atoms with Gasteiger partial charge in [-0.25, -0.2) is 12.8 Å². The van der Waals surface area contributed by atoms with E-state index >= 15 is 0 Å². The van der Waals surface area contributed by atoms with Gasteiger partial charge in [0.25, 0.3) is 0 Å². The number of anilines is 1. The molecule has 0 aliphatic carbocycles. The lowest BCUT2D eigenvalue weighted by molar-refractivity contribution is -0.121. The Balaban J connectivity index is 2.04. The van der Waals surface area contributed by atoms with Crippen LogP contribution in [0.1, 0.15) is 62.4 Å². The monoisotopic (exact) mass is 446 g/mol. The van der Waals surface area contributed by atoms with Crippen molar-refractivity contribution in [3.05, 3.63) is 71.0 Å². The zero-order valence-corrected chi connectivity index (χ0v) is 19.6. The number of carbonyl (C=O) groups is 1. The summed E-state index contributed by atoms with van der Waals surface area (Å²) in [4.78, 5) is 12.4. The second kappa shape index (κ2) is 9.64. The smallest absolute Gasteiger partial charge is 0.229 e. The Hall–Kier alpha value is -2.67. The van der Waals surface area contributed by atoms with Gasteiger partial charge in [-0.05, 0) is 47.6 Å². The Morgan fingerprint density at radius 2 is 1.81 bits per heavy atom. The van der Waals surface area contributed by atoms with Crippen molar-refractivity contribution in [1.29, 1.82) is 0 Å². The van der Waals surface area contributed by atoms with Crippen LogP contribution in [0.2, 0.25) is 0 Å². The second-order valence-corrected chi connectivity index (χ2v) is 10.5. The standard InChI is InChI=1S/C24H31FN2O3S/c1-7-18-14-19(15-21(25)23(18)27-31(6,29)30)16(2)26-22(28)13-10-17-8-11-20(12-9-17)24(3,4)5/h7-9,11-12,14-16,27H,1,10,13H2,2-6H3,(H,26,28). The summed E-state index contributed by atoms with van der Waals surface area (Å²) in [5.41, 5.74) is 3.07. The summed E-state index contributed by atoms with van der Waals surface area (Å²) in [6, 6.07) is 10.6. The lowest BCUT2D eigenvalue weighted by atomic mass is 9.86. The minimum atomic E-state index is -3.64. The summed E-state index contributed by atoms with van der Waals surface area (Å²) in [7, 11) is -3.64. The van der Waals surface area contributed by atoms with Crippen LogP contribution in [-0.2, 0) is 26.7 Å². The highest BCUT2D eigenvalue weighted by atomic mass is 32.2. The van der Waals surface area contributed by atoms with Gasteiger partial charge in [0, 0.05) is 12.0 Å². The number of rotatable bonds is 8. The van der Waals surface area contributed by atoms with Crippen molar-refractivity contribution >= 4 is 27.7 Å². The predicted molar refractivity (Wildman–Crippen MR) is 125 cm³/mol. The molecule has 168 valence electrons. The highest BCUT2D eigenvalue weighted by Gasteiger charge is 2.17. The Morgan fingerprint density at radius 3 is 2.32 bits per heavy atom. The molecule has 0 aromatic heterocycles. The van der Waals surface area contributed by atoms with Gasteiger partial charge in [-0.3, -0.25) is 9.52 Å². The van der Waals surface area contributed by atoms with Gasteiger partial charge in [-0.15, -0.1) is 0 Å². The first-order valence-electron chi connectivity index (χ1n) is 10.1. The molecule has 0 aliphatic heterocycles. The van der Waals surface area contributed by atoms with Gasteiger partial charge in [0.15, 0.2) is 0 Å². The average molecular weight is 447 g/mol. The minimum absolute atomic E-state index is 0.0806. The van der Waals surface area contributed by atoms with Gasteiger partial charge in [0.1, 0.15) is 5.82 Å². The summed E-state index contributed by atoms with van der Waals surface area (Å²) >= 11 is 0. The molecule has 5 nitrogen and oxygen atoms in total. The largest absolute Gasteiger partial charge is 0.350 e. The molecule has 0 saturated heterocycles. The fourth-order valence-corrected chi connectivity index (χ4v) is 3.77. The van der Waals surface area contributed by atoms with Crippen LogP contribution < -0.4 is 10.0 Å². The molecule has 0 radical (unpaired) electrons. The Kier molecular flexibility index (Phi) is 7.65. The van der Waals surface area contributed by atoms with E-state index in [9.17, 15) is 17.6 Å². The summed E-state index contributed by atoms with van der Waals surface area (Å²) in [6.07, 6.45) is 3.23. The molecule has 0 saturated carbocycles. The number of halogens is 1. The highest BCUT2D eigenvalue weighted by molar-refractivity contribution is 7.92. The van der Waals surface area contributed by atoms with Gasteiger partial charge >= 0.3 is 0 Å². The van der Waals surface area contributed by atoms with Crippen molar-refractivity contribution in [3.8, 4) is 0 Å². The molecule has 0 bridgehead atoms. The maximum atomic E-state index is 14.5. The van der Waals surface area contributed by atoms with Crippen LogP contribution in [0.4, 0.5) is 10.1 Å². The number of hydrogen-bond donors (Lipinski definition) is 2. The number of benzene rings is 2. The van der Waals surface area contributed by atoms with Gasteiger partial charge in [0.05, 0.1) is 18.0 Å². The number of sulfonamides is 1. The van der Waals surface area contributed by atoms with Crippen molar-refractivity contribution in [1.82, 2.24) is 5.32 Å². The molecule has 2 aromatic carbocycles. The first-order valence-corrected chi connectivity index (χ1v) is 12.0. The SMILES string of the molecule is C=Cc1cc(C(C)NC(=O)CCc2ccc(C(C)(C)C)cc2)cc(F)c1NS(C)(=O)=O. The zero-order chi connectivity index (χ0) is 23.4. The fourth-order valence-electron chi connectivity index (χ4n) is 3.18. The van der Waals surface area contributed by atoms with E-state index in [0.717, 1.165) is 11.8 Å². The number of aryl methyl sites for hydroxylation is 1. The number of hydrogen-bond acceptors (Lipinski definition) is 3. The van der Waals surface area contributed by atoms with E-state index in [4.69, 9.17) is 0 Å². The third-order valence-corrected chi connectivity index (χ3v) is 5.56. The van der Waals surface area contributed by atoms with Crippen LogP contribution in [0.15, 0.2) is 43.0 Å². The van der Waals surface area contributed by atoms with Crippen LogP contribution in [0, 0.1) is 5.82 Å². The van der Waals surface area contributed by atoms with Gasteiger partial charge < -0.3 is 5.32 Å². The van der Waals surface area contributed by atoms with Crippen LogP contribution >= 0.6 is 0 Å². The van der Waals surface area contributed by atoms with Crippen LogP contribution in [0.25, 0.3) is 6.08 Å². The minimum Gasteiger partial charge on any atom is -0.350 e. The van der Waals surface area contributed by atoms with Crippen molar-refractivity contribution in [2.75, 3.05) is 11.0 Å². The van der Waals surface area contributed by atoms with E-state index in [0.29, 0.717) is 24.0 Å². The lowest BCUT2D eigenvalue weighted by Gasteiger charge is -2.19. The van der Waals surface area contributed by atoms with Gasteiger partial charge in [0.2, 0.25) is 15.9 Å². The first-order chi connectivity index (χ1) is 14.3. The first kappa shape index (κ1) is 24.6. The van der Waals surface area contributed by atoms with Crippen molar-refractivity contribution in [2.24, 2.45) is 0 Å². The van der Waals surface area contributed by atoms with Crippen molar-refractivity contribution < 1.29 is 17.6 Å². The van der Waals surface area contributed by atoms with Crippen molar-refractivity contribution in [2.45, 2.75) is 52.0 Å². The molecule has 0 aliphatic rings. The van der Waals surface area contributed by atoms with Crippen LogP contribution in [-0.4, -0.2) is 20.6 Å². The molecule has 2 N–H and O–H groups in total. The van der Waals surface area contributed by atoms with E-state index < -0.39 is 21.9 Å². The summed E-state index contributed by atoms with van der Waals surface area (Å²) < 4.78 is 39.6. The normalized spacial score (nSPS) is 12.8. The number of carbonyl (C=O) groups excluding carboxylic acids is 1. The fraction of sp³-hybridized carbons (Fsp3) is 0.375. The third-order valence-electron chi connectivity index (χ3n) is 4.99. The molecular formula is C24H31FN2O3S. The Labute approximate surface area is 184 Å². The molecule has 7 heteroatoms. The molecule has 1 amide bonds. The van der Waals surface area contributed by atoms with Gasteiger partial charge in [-0.2, -0.15) is 0 Å². The quantitative estimate of drug-likeness (QED) is 0.603. The summed E-state index contributed by atoms with van der Waals surface area (Å²) in [5.74, 6) is -0.871. The predicted octanol–water partition coefficient (Wildman–Crippen LogP) is 4.95. The highest BCUT2D eigenvalue weighted by Crippen LogP contribution is 2.27. The van der Waals surface area contributed by atoms with E-state index in [1.807, 2.05) is 12.1 Å². The van der Waals surface area contributed by atoms with Crippen LogP contribution in [0.3, 0.4) is 0 Å². The maximum absolute atomic E-state index is 14.5. The summed E-state index contributed by atoms with van der Waals surface area (Å²) in [6.45, 7) is 11.8. The maximum Gasteiger partial charge on any atom is 0.229 e. The molecule has 0 heterocycles. The topological polar surface area (TPSA) is 75.3 Å². The number of amides is 1. The number of nitrogens with one attached hydrogen (secondary N) is 2. The molecule has 2 rings (SSSR count). The second-order valence-electron chi connectivity index (χ2n) is 8.78. The van der Waals surface area contributed by atoms with E-state index in [1.54, 1.807) is 13.0 Å². The van der Waals surface area contributed by atoms with E-state index in [2.05, 4.69) is 49.5 Å². The van der Waals surface area contributed by atoms with E-state index in [-0.39, 0.29) is 17.0 Å². The van der Waals surface area contributed by atoms with Crippen LogP contribution in [0.5, 0.6) is 0 Å². The van der Waals surface area contributed by atoms with Gasteiger partial charge in [-0.1, -0.05) is 57.7 Å². The third kappa shape index (κ3) is 7.21. The Bertz CT molecular complexity index is 1060. The Morgan fingerprint density at radius 1 is 1.19 bits per heavy atom. The van der Waals surface area contributed by atoms with E-state index in [1.165, 1.54) is 17.7 Å². The molecule has 1 atom stereocenters. The molecule has 1 unspecified atom stereocenters. The molecular weight excluding hydrogens is 415 g/mol.